The Balaban J connectivity index is 1.73. The Morgan fingerprint density at radius 2 is 0.696 bits per heavy atom. The van der Waals surface area contributed by atoms with E-state index < -0.39 is 63.7 Å². The summed E-state index contributed by atoms with van der Waals surface area (Å²) < 4.78 is 162. The van der Waals surface area contributed by atoms with E-state index in [-0.39, 0.29) is 51.1 Å². The third kappa shape index (κ3) is 5.90. The van der Waals surface area contributed by atoms with Crippen LogP contribution in [0.3, 0.4) is 0 Å². The monoisotopic (exact) mass is 652 g/mol. The lowest BCUT2D eigenvalue weighted by Crippen LogP contribution is -2.11. The molecule has 1 aliphatic rings. The van der Waals surface area contributed by atoms with Gasteiger partial charge in [-0.3, -0.25) is 0 Å². The average Bonchev–Trinajstić information content (AvgIpc) is 3.28. The highest BCUT2D eigenvalue weighted by Gasteiger charge is 2.39. The standard InChI is InChI=1S/C32H12F12N2/c33-29(34,35)20-5-17(6-21(11-20)30(36,37)38)15-1-3-24-25-4-2-16(10-27(25)28(26(24)9-15)19(13-45)14-46)18-7-22(31(39,40)41)12-23(8-18)32(42,43)44/h1-12H. The van der Waals surface area contributed by atoms with Gasteiger partial charge in [0.2, 0.25) is 0 Å². The molecular formula is C32H12F12N2. The molecule has 0 atom stereocenters. The first-order valence-corrected chi connectivity index (χ1v) is 12.7. The van der Waals surface area contributed by atoms with Crippen molar-refractivity contribution < 1.29 is 52.7 Å². The van der Waals surface area contributed by atoms with E-state index in [0.29, 0.717) is 24.3 Å². The maximum atomic E-state index is 13.5. The summed E-state index contributed by atoms with van der Waals surface area (Å²) in [5.74, 6) is 0. The molecule has 0 unspecified atom stereocenters. The van der Waals surface area contributed by atoms with Gasteiger partial charge in [-0.2, -0.15) is 63.2 Å². The fraction of sp³-hybridized carbons (Fsp3) is 0.125. The zero-order valence-corrected chi connectivity index (χ0v) is 22.4. The van der Waals surface area contributed by atoms with Gasteiger partial charge in [0, 0.05) is 5.57 Å². The molecule has 0 amide bonds. The van der Waals surface area contributed by atoms with Crippen molar-refractivity contribution in [2.75, 3.05) is 0 Å². The van der Waals surface area contributed by atoms with Crippen LogP contribution in [0.5, 0.6) is 0 Å². The minimum absolute atomic E-state index is 0.0220. The molecule has 0 spiro atoms. The SMILES string of the molecule is N#CC(C#N)=C1c2cc(-c3cc(C(F)(F)F)cc(C(F)(F)F)c3)ccc2-c2ccc(-c3cc(C(F)(F)F)cc(C(F)(F)F)c3)cc21. The van der Waals surface area contributed by atoms with Gasteiger partial charge in [0.05, 0.1) is 22.3 Å². The first-order valence-electron chi connectivity index (χ1n) is 12.7. The molecule has 2 nitrogen and oxygen atoms in total. The van der Waals surface area contributed by atoms with Crippen LogP contribution in [0.4, 0.5) is 52.7 Å². The molecule has 0 bridgehead atoms. The maximum absolute atomic E-state index is 13.5. The van der Waals surface area contributed by atoms with Gasteiger partial charge in [0.1, 0.15) is 17.7 Å². The molecule has 0 heterocycles. The lowest BCUT2D eigenvalue weighted by Gasteiger charge is -2.15. The lowest BCUT2D eigenvalue weighted by atomic mass is 9.93. The zero-order valence-electron chi connectivity index (χ0n) is 22.4. The summed E-state index contributed by atoms with van der Waals surface area (Å²) in [5.41, 5.74) is -7.86. The van der Waals surface area contributed by atoms with Gasteiger partial charge in [-0.25, -0.2) is 0 Å². The van der Waals surface area contributed by atoms with Crippen molar-refractivity contribution >= 4 is 5.57 Å². The molecule has 1 aliphatic carbocycles. The number of benzene rings is 4. The largest absolute Gasteiger partial charge is 0.416 e. The first kappa shape index (κ1) is 32.2. The Bertz CT molecular complexity index is 1800. The first-order chi connectivity index (χ1) is 21.2. The Hall–Kier alpha value is -5.24. The molecule has 0 saturated carbocycles. The third-order valence-electron chi connectivity index (χ3n) is 7.18. The molecule has 0 N–H and O–H groups in total. The van der Waals surface area contributed by atoms with Crippen molar-refractivity contribution in [1.29, 1.82) is 10.5 Å². The van der Waals surface area contributed by atoms with Gasteiger partial charge < -0.3 is 0 Å². The van der Waals surface area contributed by atoms with Gasteiger partial charge in [0.15, 0.2) is 0 Å². The summed E-state index contributed by atoms with van der Waals surface area (Å²) in [4.78, 5) is 0. The number of alkyl halides is 12. The fourth-order valence-corrected chi connectivity index (χ4v) is 5.13. The molecule has 234 valence electrons. The Morgan fingerprint density at radius 1 is 0.391 bits per heavy atom. The molecule has 46 heavy (non-hydrogen) atoms. The number of rotatable bonds is 2. The second-order valence-electron chi connectivity index (χ2n) is 10.1. The highest BCUT2D eigenvalue weighted by molar-refractivity contribution is 6.05. The highest BCUT2D eigenvalue weighted by atomic mass is 19.4. The number of hydrogen-bond donors (Lipinski definition) is 0. The molecule has 5 rings (SSSR count). The van der Waals surface area contributed by atoms with Crippen LogP contribution in [0.2, 0.25) is 0 Å². The van der Waals surface area contributed by atoms with Gasteiger partial charge >= 0.3 is 24.7 Å². The Labute approximate surface area is 251 Å². The van der Waals surface area contributed by atoms with Gasteiger partial charge in [0.25, 0.3) is 0 Å². The van der Waals surface area contributed by atoms with Crippen LogP contribution in [-0.2, 0) is 24.7 Å². The number of hydrogen-bond acceptors (Lipinski definition) is 2. The van der Waals surface area contributed by atoms with Gasteiger partial charge in [-0.15, -0.1) is 0 Å². The summed E-state index contributed by atoms with van der Waals surface area (Å²) in [6.45, 7) is 0. The molecule has 0 radical (unpaired) electrons. The van der Waals surface area contributed by atoms with E-state index in [4.69, 9.17) is 0 Å². The van der Waals surface area contributed by atoms with Crippen molar-refractivity contribution in [3.05, 3.63) is 112 Å². The molecular weight excluding hydrogens is 640 g/mol. The van der Waals surface area contributed by atoms with E-state index in [1.807, 2.05) is 0 Å². The van der Waals surface area contributed by atoms with E-state index in [1.54, 1.807) is 12.1 Å². The summed E-state index contributed by atoms with van der Waals surface area (Å²) in [6, 6.07) is 12.4. The molecule has 0 fully saturated rings. The van der Waals surface area contributed by atoms with Crippen molar-refractivity contribution in [1.82, 2.24) is 0 Å². The minimum atomic E-state index is -5.14. The van der Waals surface area contributed by atoms with Crippen molar-refractivity contribution in [2.24, 2.45) is 0 Å². The number of halogens is 12. The van der Waals surface area contributed by atoms with E-state index in [1.165, 1.54) is 24.3 Å². The van der Waals surface area contributed by atoms with Crippen LogP contribution >= 0.6 is 0 Å². The topological polar surface area (TPSA) is 47.6 Å². The lowest BCUT2D eigenvalue weighted by molar-refractivity contribution is -0.144. The third-order valence-corrected chi connectivity index (χ3v) is 7.18. The zero-order chi connectivity index (χ0) is 34.0. The van der Waals surface area contributed by atoms with Crippen LogP contribution in [-0.4, -0.2) is 0 Å². The summed E-state index contributed by atoms with van der Waals surface area (Å²) in [5, 5.41) is 19.4. The molecule has 4 aromatic rings. The molecule has 0 aromatic heterocycles. The predicted molar refractivity (Wildman–Crippen MR) is 140 cm³/mol. The summed E-state index contributed by atoms with van der Waals surface area (Å²) in [6.07, 6.45) is -20.6. The Morgan fingerprint density at radius 3 is 0.957 bits per heavy atom. The minimum Gasteiger partial charge on any atom is -0.192 e. The highest BCUT2D eigenvalue weighted by Crippen LogP contribution is 2.49. The Kier molecular flexibility index (Phi) is 7.47. The maximum Gasteiger partial charge on any atom is 0.416 e. The normalized spacial score (nSPS) is 13.1. The summed E-state index contributed by atoms with van der Waals surface area (Å²) >= 11 is 0. The summed E-state index contributed by atoms with van der Waals surface area (Å²) in [7, 11) is 0. The quantitative estimate of drug-likeness (QED) is 0.141. The van der Waals surface area contributed by atoms with Crippen LogP contribution in [0.15, 0.2) is 78.4 Å². The van der Waals surface area contributed by atoms with Gasteiger partial charge in [-0.05, 0) is 93.0 Å². The molecule has 14 heteroatoms. The average molecular weight is 652 g/mol. The van der Waals surface area contributed by atoms with E-state index in [0.717, 1.165) is 12.1 Å². The number of allylic oxidation sites excluding steroid dienone is 1. The van der Waals surface area contributed by atoms with Crippen LogP contribution in [0, 0.1) is 22.7 Å². The van der Waals surface area contributed by atoms with Crippen molar-refractivity contribution in [3.63, 3.8) is 0 Å². The fourth-order valence-electron chi connectivity index (χ4n) is 5.13. The second-order valence-corrected chi connectivity index (χ2v) is 10.1. The number of nitrogens with zero attached hydrogens (tertiary/aromatic N) is 2. The van der Waals surface area contributed by atoms with Crippen LogP contribution in [0.1, 0.15) is 33.4 Å². The molecule has 0 aliphatic heterocycles. The van der Waals surface area contributed by atoms with E-state index in [9.17, 15) is 63.2 Å². The van der Waals surface area contributed by atoms with E-state index >= 15 is 0 Å². The van der Waals surface area contributed by atoms with Crippen LogP contribution in [0.25, 0.3) is 39.0 Å². The molecule has 0 saturated heterocycles. The van der Waals surface area contributed by atoms with Crippen LogP contribution < -0.4 is 0 Å². The van der Waals surface area contributed by atoms with Crippen molar-refractivity contribution in [3.8, 4) is 45.5 Å². The smallest absolute Gasteiger partial charge is 0.192 e. The number of fused-ring (bicyclic) bond motifs is 3. The van der Waals surface area contributed by atoms with Crippen molar-refractivity contribution in [2.45, 2.75) is 24.7 Å². The number of nitriles is 2. The van der Waals surface area contributed by atoms with E-state index in [2.05, 4.69) is 0 Å². The predicted octanol–water partition coefficient (Wildman–Crippen LogP) is 10.9. The molecule has 4 aromatic carbocycles. The second kappa shape index (κ2) is 10.7. The van der Waals surface area contributed by atoms with Gasteiger partial charge in [-0.1, -0.05) is 24.3 Å².